The van der Waals surface area contributed by atoms with Gasteiger partial charge in [-0.3, -0.25) is 0 Å². The Bertz CT molecular complexity index is 2450. The van der Waals surface area contributed by atoms with Crippen molar-refractivity contribution in [3.63, 3.8) is 0 Å². The van der Waals surface area contributed by atoms with Crippen molar-refractivity contribution in [2.45, 2.75) is 52.8 Å². The molecule has 4 nitrogen and oxygen atoms in total. The molecule has 58 heavy (non-hydrogen) atoms. The van der Waals surface area contributed by atoms with Crippen LogP contribution in [0, 0.1) is 27.4 Å². The number of hydrogen-bond acceptors (Lipinski definition) is 4. The van der Waals surface area contributed by atoms with Crippen LogP contribution in [0.5, 0.6) is 11.5 Å². The SMILES string of the molecule is CC(C)Oc1c([CH]=[Ru][I])cccc1-c1ccccc1.Cc1cc(C)c(N2[CH-]N(c3ccccc3-c3ccccc3O)[C@@H](c3ccccc3)[C@@H]2c2ccccc2)c(C)c1. The number of hydrogen-bond donors (Lipinski definition) is 1. The summed E-state index contributed by atoms with van der Waals surface area (Å²) in [7, 11) is 0. The van der Waals surface area contributed by atoms with Crippen molar-refractivity contribution in [3.8, 4) is 33.8 Å². The molecule has 0 bridgehead atoms. The number of phenols is 1. The van der Waals surface area contributed by atoms with Gasteiger partial charge in [0.15, 0.2) is 0 Å². The van der Waals surface area contributed by atoms with Gasteiger partial charge in [-0.1, -0.05) is 115 Å². The molecule has 0 spiro atoms. The molecule has 1 fully saturated rings. The third kappa shape index (κ3) is 9.14. The average molecular weight is 962 g/mol. The smallest absolute Gasteiger partial charge is 0.123 e. The number of nitrogens with zero attached hydrogens (tertiary/aromatic N) is 2. The van der Waals surface area contributed by atoms with Gasteiger partial charge in [-0.25, -0.2) is 0 Å². The first-order valence-electron chi connectivity index (χ1n) is 19.6. The topological polar surface area (TPSA) is 35.9 Å². The number of para-hydroxylation sites is 3. The molecule has 0 radical (unpaired) electrons. The molecule has 0 unspecified atom stereocenters. The summed E-state index contributed by atoms with van der Waals surface area (Å²) in [6.07, 6.45) is 0.182. The first-order chi connectivity index (χ1) is 28.2. The molecular weight excluding hydrogens is 913 g/mol. The van der Waals surface area contributed by atoms with Crippen molar-refractivity contribution in [2.24, 2.45) is 0 Å². The van der Waals surface area contributed by atoms with Crippen molar-refractivity contribution in [1.29, 1.82) is 0 Å². The normalized spacial score (nSPS) is 15.2. The molecule has 7 aromatic rings. The molecule has 8 rings (SSSR count). The zero-order chi connectivity index (χ0) is 40.6. The maximum atomic E-state index is 10.8. The van der Waals surface area contributed by atoms with Crippen LogP contribution in [0.4, 0.5) is 11.4 Å². The summed E-state index contributed by atoms with van der Waals surface area (Å²) in [5.41, 5.74) is 14.0. The van der Waals surface area contributed by atoms with E-state index in [1.165, 1.54) is 50.2 Å². The van der Waals surface area contributed by atoms with E-state index in [9.17, 15) is 5.11 Å². The Labute approximate surface area is 362 Å². The second-order valence-corrected chi connectivity index (χ2v) is 18.3. The van der Waals surface area contributed by atoms with Gasteiger partial charge in [0.1, 0.15) is 5.75 Å². The van der Waals surface area contributed by atoms with Crippen LogP contribution >= 0.6 is 19.8 Å². The van der Waals surface area contributed by atoms with E-state index in [1.54, 1.807) is 6.07 Å². The van der Waals surface area contributed by atoms with Gasteiger partial charge in [0.2, 0.25) is 0 Å². The van der Waals surface area contributed by atoms with E-state index in [0.717, 1.165) is 22.6 Å². The number of halogens is 1. The summed E-state index contributed by atoms with van der Waals surface area (Å²) >= 11 is 2.68. The number of aryl methyl sites for hydroxylation is 3. The van der Waals surface area contributed by atoms with Crippen molar-refractivity contribution in [3.05, 3.63) is 210 Å². The predicted molar refractivity (Wildman–Crippen MR) is 249 cm³/mol. The van der Waals surface area contributed by atoms with Crippen LogP contribution in [0.2, 0.25) is 0 Å². The summed E-state index contributed by atoms with van der Waals surface area (Å²) in [6.45, 7) is 13.0. The van der Waals surface area contributed by atoms with Gasteiger partial charge in [-0.2, -0.15) is 6.67 Å². The maximum absolute atomic E-state index is 10.8. The Balaban J connectivity index is 0.000000226. The van der Waals surface area contributed by atoms with E-state index in [-0.39, 0.29) is 37.1 Å². The molecule has 1 heterocycles. The Kier molecular flexibility index (Phi) is 13.6. The first kappa shape index (κ1) is 41.1. The van der Waals surface area contributed by atoms with E-state index in [0.29, 0.717) is 0 Å². The van der Waals surface area contributed by atoms with E-state index >= 15 is 0 Å². The Morgan fingerprint density at radius 1 is 0.621 bits per heavy atom. The molecule has 1 saturated heterocycles. The van der Waals surface area contributed by atoms with Crippen LogP contribution in [0.1, 0.15) is 59.3 Å². The van der Waals surface area contributed by atoms with Gasteiger partial charge in [-0.05, 0) is 55.2 Å². The minimum absolute atomic E-state index is 0.000656. The van der Waals surface area contributed by atoms with Gasteiger partial charge in [0.25, 0.3) is 0 Å². The Morgan fingerprint density at radius 3 is 1.72 bits per heavy atom. The largest absolute Gasteiger partial charge is 0.507 e. The van der Waals surface area contributed by atoms with E-state index in [2.05, 4.69) is 209 Å². The van der Waals surface area contributed by atoms with Gasteiger partial charge in [0, 0.05) is 22.5 Å². The molecule has 1 aliphatic rings. The number of rotatable bonds is 9. The number of anilines is 2. The summed E-state index contributed by atoms with van der Waals surface area (Å²) in [5, 5.41) is 10.8. The van der Waals surface area contributed by atoms with Crippen LogP contribution in [0.3, 0.4) is 0 Å². The summed E-state index contributed by atoms with van der Waals surface area (Å²) < 4.78 is 8.35. The molecule has 0 saturated carbocycles. The van der Waals surface area contributed by atoms with Crippen LogP contribution < -0.4 is 14.5 Å². The summed E-state index contributed by atoms with van der Waals surface area (Å²) in [5.74, 6) is 1.29. The molecule has 7 aromatic carbocycles. The van der Waals surface area contributed by atoms with Crippen LogP contribution in [-0.4, -0.2) is 15.8 Å². The van der Waals surface area contributed by atoms with Crippen molar-refractivity contribution in [2.75, 3.05) is 9.80 Å². The molecule has 295 valence electrons. The minimum atomic E-state index is 0.000656. The number of phenolic OH excluding ortho intramolecular Hbond substituents is 1. The standard InChI is InChI=1S/C36H33N2O.C16H16O.HI.Ru/c1-25-22-26(2)34(27(3)23-25)38-24-37(32-20-12-10-18-30(32)31-19-11-13-21-33(31)39)35(28-14-6-4-7-15-28)36(38)29-16-8-5-9-17-29;1-12(2)17-16-13(3)8-7-11-15(16)14-9-5-4-6-10-14;;/h4-24,35-36,39H,1-3H3;3-12H,1-2H3;1H;/q-1;;;+1/p-1/t35-,36-;;;/m0.../s1. The molecule has 1 aliphatic heterocycles. The molecule has 0 aromatic heterocycles. The minimum Gasteiger partial charge on any atom is -0.507 e. The Hall–Kier alpha value is -5.04. The molecular formula is C52H49IN2O2Ru-. The van der Waals surface area contributed by atoms with Crippen LogP contribution in [0.25, 0.3) is 22.3 Å². The number of ether oxygens (including phenoxy) is 1. The summed E-state index contributed by atoms with van der Waals surface area (Å²) in [6, 6.07) is 58.9. The second-order valence-electron chi connectivity index (χ2n) is 14.9. The molecule has 1 N–H and O–H groups in total. The Morgan fingerprint density at radius 2 is 1.14 bits per heavy atom. The van der Waals surface area contributed by atoms with Crippen molar-refractivity contribution in [1.82, 2.24) is 0 Å². The first-order valence-corrected chi connectivity index (χ1v) is 25.8. The van der Waals surface area contributed by atoms with Gasteiger partial charge < -0.3 is 14.9 Å². The third-order valence-electron chi connectivity index (χ3n) is 10.3. The average Bonchev–Trinajstić information content (AvgIpc) is 3.62. The van der Waals surface area contributed by atoms with Gasteiger partial charge >= 0.3 is 133 Å². The molecule has 2 atom stereocenters. The fourth-order valence-corrected chi connectivity index (χ4v) is 10.1. The monoisotopic (exact) mass is 962 g/mol. The maximum Gasteiger partial charge on any atom is 0.123 e. The molecule has 6 heteroatoms. The van der Waals surface area contributed by atoms with Crippen LogP contribution in [0.15, 0.2) is 170 Å². The third-order valence-corrected chi connectivity index (χ3v) is 12.4. The van der Waals surface area contributed by atoms with E-state index < -0.39 is 0 Å². The zero-order valence-corrected chi connectivity index (χ0v) is 37.4. The number of benzene rings is 7. The van der Waals surface area contributed by atoms with Crippen molar-refractivity contribution < 1.29 is 23.0 Å². The zero-order valence-electron chi connectivity index (χ0n) is 33.5. The fraction of sp³-hybridized carbons (Fsp3) is 0.154. The number of aromatic hydroxyl groups is 1. The van der Waals surface area contributed by atoms with Crippen LogP contribution in [-0.2, 0) is 13.2 Å². The van der Waals surface area contributed by atoms with E-state index in [1.807, 2.05) is 30.3 Å². The quantitative estimate of drug-likeness (QED) is 0.0888. The summed E-state index contributed by atoms with van der Waals surface area (Å²) in [4.78, 5) is 4.85. The predicted octanol–water partition coefficient (Wildman–Crippen LogP) is 13.6. The molecule has 0 amide bonds. The fourth-order valence-electron chi connectivity index (χ4n) is 8.07. The van der Waals surface area contributed by atoms with Gasteiger partial charge in [0.05, 0.1) is 12.1 Å². The second kappa shape index (κ2) is 19.1. The van der Waals surface area contributed by atoms with E-state index in [4.69, 9.17) is 4.74 Å². The van der Waals surface area contributed by atoms with Crippen molar-refractivity contribution >= 4 is 35.7 Å². The van der Waals surface area contributed by atoms with Gasteiger partial charge in [-0.15, -0.1) is 0 Å². The molecule has 0 aliphatic carbocycles.